The molecule has 0 aliphatic carbocycles. The van der Waals surface area contributed by atoms with Crippen LogP contribution in [-0.4, -0.2) is 50.1 Å². The van der Waals surface area contributed by atoms with Crippen molar-refractivity contribution < 1.29 is 9.18 Å². The van der Waals surface area contributed by atoms with Crippen molar-refractivity contribution in [1.29, 1.82) is 0 Å². The van der Waals surface area contributed by atoms with Gasteiger partial charge in [-0.05, 0) is 89.3 Å². The van der Waals surface area contributed by atoms with Crippen molar-refractivity contribution in [3.8, 4) is 0 Å². The number of carbonyl (C=O) groups is 1. The van der Waals surface area contributed by atoms with Crippen molar-refractivity contribution in [2.75, 3.05) is 38.1 Å². The van der Waals surface area contributed by atoms with Crippen molar-refractivity contribution in [1.82, 2.24) is 10.2 Å². The molecule has 0 spiro atoms. The number of anilines is 1. The predicted molar refractivity (Wildman–Crippen MR) is 99.4 cm³/mol. The van der Waals surface area contributed by atoms with E-state index < -0.39 is 0 Å². The molecule has 1 amide bonds. The van der Waals surface area contributed by atoms with Crippen LogP contribution in [0.25, 0.3) is 0 Å². The Morgan fingerprint density at radius 2 is 1.96 bits per heavy atom. The first-order valence-corrected chi connectivity index (χ1v) is 9.56. The maximum atomic E-state index is 14.3. The number of rotatable bonds is 5. The van der Waals surface area contributed by atoms with E-state index in [4.69, 9.17) is 0 Å². The Morgan fingerprint density at radius 1 is 1.20 bits per heavy atom. The lowest BCUT2D eigenvalue weighted by Gasteiger charge is -2.41. The van der Waals surface area contributed by atoms with Crippen LogP contribution in [-0.2, 0) is 4.79 Å². The molecule has 25 heavy (non-hydrogen) atoms. The molecule has 4 nitrogen and oxygen atoms in total. The number of likely N-dealkylation sites (tertiary alicyclic amines) is 1. The molecule has 0 radical (unpaired) electrons. The lowest BCUT2D eigenvalue weighted by Crippen LogP contribution is -2.54. The molecule has 0 bridgehead atoms. The van der Waals surface area contributed by atoms with Gasteiger partial charge in [-0.2, -0.15) is 0 Å². The number of benzene rings is 1. The topological polar surface area (TPSA) is 35.6 Å². The number of halogens is 1. The van der Waals surface area contributed by atoms with Crippen molar-refractivity contribution >= 4 is 11.6 Å². The number of hydrogen-bond acceptors (Lipinski definition) is 3. The van der Waals surface area contributed by atoms with Crippen LogP contribution in [0.1, 0.15) is 37.7 Å². The third-order valence-electron chi connectivity index (χ3n) is 5.70. The molecule has 2 fully saturated rings. The first kappa shape index (κ1) is 18.3. The van der Waals surface area contributed by atoms with E-state index in [1.807, 2.05) is 14.0 Å². The normalized spacial score (nSPS) is 23.2. The van der Waals surface area contributed by atoms with Gasteiger partial charge in [-0.3, -0.25) is 9.69 Å². The molecule has 5 heteroatoms. The van der Waals surface area contributed by atoms with Crippen LogP contribution in [0, 0.1) is 18.7 Å². The summed E-state index contributed by atoms with van der Waals surface area (Å²) >= 11 is 0. The number of amides is 1. The molecule has 1 aromatic rings. The average molecular weight is 347 g/mol. The third kappa shape index (κ3) is 4.21. The molecule has 1 aromatic carbocycles. The van der Waals surface area contributed by atoms with E-state index >= 15 is 0 Å². The summed E-state index contributed by atoms with van der Waals surface area (Å²) in [6.07, 6.45) is 5.35. The monoisotopic (exact) mass is 347 g/mol. The Balaban J connectivity index is 1.66. The maximum Gasteiger partial charge on any atom is 0.244 e. The largest absolute Gasteiger partial charge is 0.320 e. The van der Waals surface area contributed by atoms with Crippen LogP contribution in [0.15, 0.2) is 18.2 Å². The van der Waals surface area contributed by atoms with E-state index in [1.165, 1.54) is 12.5 Å². The second kappa shape index (κ2) is 8.28. The van der Waals surface area contributed by atoms with Crippen LogP contribution >= 0.6 is 0 Å². The van der Waals surface area contributed by atoms with Gasteiger partial charge in [-0.25, -0.2) is 4.39 Å². The minimum Gasteiger partial charge on any atom is -0.320 e. The molecule has 3 rings (SSSR count). The smallest absolute Gasteiger partial charge is 0.244 e. The van der Waals surface area contributed by atoms with E-state index in [9.17, 15) is 9.18 Å². The third-order valence-corrected chi connectivity index (χ3v) is 5.70. The molecule has 1 atom stereocenters. The standard InChI is InChI=1S/C20H30FN3O/c1-15-5-6-17(21)19(14-15)24-11-3-4-18(20(24)25)23-12-8-16(9-13-23)7-10-22-2/h5-6,14,16,18,22H,3-4,7-13H2,1-2H3. The molecule has 138 valence electrons. The van der Waals surface area contributed by atoms with Crippen molar-refractivity contribution in [3.63, 3.8) is 0 Å². The molecule has 2 aliphatic heterocycles. The van der Waals surface area contributed by atoms with E-state index in [-0.39, 0.29) is 17.8 Å². The molecule has 2 heterocycles. The van der Waals surface area contributed by atoms with E-state index in [1.54, 1.807) is 17.0 Å². The predicted octanol–water partition coefficient (Wildman–Crippen LogP) is 2.95. The number of carbonyl (C=O) groups excluding carboxylic acids is 1. The van der Waals surface area contributed by atoms with Gasteiger partial charge in [0.2, 0.25) is 5.91 Å². The first-order chi connectivity index (χ1) is 12.1. The Hall–Kier alpha value is -1.46. The summed E-state index contributed by atoms with van der Waals surface area (Å²) in [5, 5.41) is 3.22. The molecule has 1 unspecified atom stereocenters. The molecule has 2 aliphatic rings. The fraction of sp³-hybridized carbons (Fsp3) is 0.650. The van der Waals surface area contributed by atoms with Crippen LogP contribution in [0.5, 0.6) is 0 Å². The van der Waals surface area contributed by atoms with Crippen molar-refractivity contribution in [3.05, 3.63) is 29.6 Å². The van der Waals surface area contributed by atoms with Gasteiger partial charge in [0.25, 0.3) is 0 Å². The highest BCUT2D eigenvalue weighted by molar-refractivity contribution is 5.98. The summed E-state index contributed by atoms with van der Waals surface area (Å²) in [6, 6.07) is 4.92. The Labute approximate surface area is 150 Å². The van der Waals surface area contributed by atoms with Gasteiger partial charge in [0.05, 0.1) is 11.7 Å². The highest BCUT2D eigenvalue weighted by atomic mass is 19.1. The fourth-order valence-corrected chi connectivity index (χ4v) is 4.17. The molecular formula is C20H30FN3O. The Morgan fingerprint density at radius 3 is 2.68 bits per heavy atom. The van der Waals surface area contributed by atoms with Crippen LogP contribution in [0.2, 0.25) is 0 Å². The van der Waals surface area contributed by atoms with Gasteiger partial charge in [0.15, 0.2) is 0 Å². The summed E-state index contributed by atoms with van der Waals surface area (Å²) in [5.74, 6) is 0.530. The van der Waals surface area contributed by atoms with E-state index in [0.29, 0.717) is 12.2 Å². The first-order valence-electron chi connectivity index (χ1n) is 9.56. The number of aryl methyl sites for hydroxylation is 1. The zero-order valence-electron chi connectivity index (χ0n) is 15.4. The van der Waals surface area contributed by atoms with Gasteiger partial charge in [0, 0.05) is 6.54 Å². The second-order valence-corrected chi connectivity index (χ2v) is 7.47. The highest BCUT2D eigenvalue weighted by Crippen LogP contribution is 2.29. The van der Waals surface area contributed by atoms with E-state index in [2.05, 4.69) is 10.2 Å². The number of nitrogens with zero attached hydrogens (tertiary/aromatic N) is 2. The van der Waals surface area contributed by atoms with Crippen LogP contribution in [0.3, 0.4) is 0 Å². The van der Waals surface area contributed by atoms with Gasteiger partial charge >= 0.3 is 0 Å². The summed E-state index contributed by atoms with van der Waals surface area (Å²) in [4.78, 5) is 17.1. The minimum atomic E-state index is -0.301. The van der Waals surface area contributed by atoms with Gasteiger partial charge in [0.1, 0.15) is 5.82 Å². The van der Waals surface area contributed by atoms with Crippen LogP contribution < -0.4 is 10.2 Å². The highest BCUT2D eigenvalue weighted by Gasteiger charge is 2.36. The van der Waals surface area contributed by atoms with Gasteiger partial charge in [-0.1, -0.05) is 6.07 Å². The Kier molecular flexibility index (Phi) is 6.07. The van der Waals surface area contributed by atoms with E-state index in [0.717, 1.165) is 56.8 Å². The summed E-state index contributed by atoms with van der Waals surface area (Å²) < 4.78 is 14.3. The molecule has 2 saturated heterocycles. The molecule has 1 N–H and O–H groups in total. The zero-order valence-corrected chi connectivity index (χ0v) is 15.4. The average Bonchev–Trinajstić information content (AvgIpc) is 2.63. The summed E-state index contributed by atoms with van der Waals surface area (Å²) in [6.45, 7) is 5.58. The Bertz CT molecular complexity index is 599. The minimum absolute atomic E-state index is 0.0735. The fourth-order valence-electron chi connectivity index (χ4n) is 4.17. The summed E-state index contributed by atoms with van der Waals surface area (Å²) in [5.41, 5.74) is 1.43. The molecular weight excluding hydrogens is 317 g/mol. The quantitative estimate of drug-likeness (QED) is 0.889. The van der Waals surface area contributed by atoms with Crippen LogP contribution in [0.4, 0.5) is 10.1 Å². The lowest BCUT2D eigenvalue weighted by atomic mass is 9.91. The van der Waals surface area contributed by atoms with Crippen molar-refractivity contribution in [2.24, 2.45) is 5.92 Å². The number of piperidine rings is 2. The zero-order chi connectivity index (χ0) is 17.8. The van der Waals surface area contributed by atoms with Gasteiger partial charge in [-0.15, -0.1) is 0 Å². The lowest BCUT2D eigenvalue weighted by molar-refractivity contribution is -0.126. The molecule has 0 saturated carbocycles. The van der Waals surface area contributed by atoms with Gasteiger partial charge < -0.3 is 10.2 Å². The SMILES string of the molecule is CNCCC1CCN(C2CCCN(c3cc(C)ccc3F)C2=O)CC1. The number of nitrogens with one attached hydrogen (secondary N) is 1. The molecule has 0 aromatic heterocycles. The summed E-state index contributed by atoms with van der Waals surface area (Å²) in [7, 11) is 1.99. The maximum absolute atomic E-state index is 14.3. The second-order valence-electron chi connectivity index (χ2n) is 7.47. The van der Waals surface area contributed by atoms with Crippen molar-refractivity contribution in [2.45, 2.75) is 45.1 Å². The number of hydrogen-bond donors (Lipinski definition) is 1.